The fourth-order valence-corrected chi connectivity index (χ4v) is 2.30. The Hall–Kier alpha value is -2.10. The molecule has 1 amide bonds. The van der Waals surface area contributed by atoms with Crippen LogP contribution in [0, 0.1) is 19.3 Å². The van der Waals surface area contributed by atoms with Crippen LogP contribution in [0.4, 0.5) is 5.69 Å². The van der Waals surface area contributed by atoms with E-state index in [2.05, 4.69) is 29.5 Å². The fourth-order valence-electron chi connectivity index (χ4n) is 2.30. The quantitative estimate of drug-likeness (QED) is 0.941. The molecule has 2 rings (SSSR count). The standard InChI is InChI=1S/C18H25N3O/c1-12-16(13(2)21(6)20-12)11-14-7-9-15(10-8-14)19-17(22)18(3,4)5/h7-10H,11H2,1-6H3,(H,19,22). The van der Waals surface area contributed by atoms with Crippen molar-refractivity contribution in [3.05, 3.63) is 46.8 Å². The maximum Gasteiger partial charge on any atom is 0.229 e. The van der Waals surface area contributed by atoms with Crippen molar-refractivity contribution in [1.82, 2.24) is 9.78 Å². The van der Waals surface area contributed by atoms with E-state index in [4.69, 9.17) is 0 Å². The molecule has 1 N–H and O–H groups in total. The highest BCUT2D eigenvalue weighted by molar-refractivity contribution is 5.94. The Balaban J connectivity index is 2.11. The SMILES string of the molecule is Cc1nn(C)c(C)c1Cc1ccc(NC(=O)C(C)(C)C)cc1. The molecule has 1 aromatic heterocycles. The minimum absolute atomic E-state index is 0.0270. The molecule has 22 heavy (non-hydrogen) atoms. The zero-order valence-corrected chi connectivity index (χ0v) is 14.3. The number of nitrogens with one attached hydrogen (secondary N) is 1. The number of rotatable bonds is 3. The highest BCUT2D eigenvalue weighted by atomic mass is 16.2. The van der Waals surface area contributed by atoms with Gasteiger partial charge in [0.05, 0.1) is 5.69 Å². The number of carbonyl (C=O) groups is 1. The molecule has 118 valence electrons. The van der Waals surface area contributed by atoms with Crippen LogP contribution in [-0.4, -0.2) is 15.7 Å². The lowest BCUT2D eigenvalue weighted by Crippen LogP contribution is -2.27. The van der Waals surface area contributed by atoms with Crippen LogP contribution in [0.3, 0.4) is 0 Å². The first-order chi connectivity index (χ1) is 10.2. The number of aromatic nitrogens is 2. The monoisotopic (exact) mass is 299 g/mol. The molecule has 4 heteroatoms. The van der Waals surface area contributed by atoms with Gasteiger partial charge in [0, 0.05) is 35.8 Å². The normalized spacial score (nSPS) is 11.5. The fraction of sp³-hybridized carbons (Fsp3) is 0.444. The van der Waals surface area contributed by atoms with Crippen LogP contribution >= 0.6 is 0 Å². The maximum atomic E-state index is 12.0. The van der Waals surface area contributed by atoms with E-state index in [-0.39, 0.29) is 11.3 Å². The van der Waals surface area contributed by atoms with Gasteiger partial charge in [-0.2, -0.15) is 5.10 Å². The van der Waals surface area contributed by atoms with Crippen molar-refractivity contribution in [2.75, 3.05) is 5.32 Å². The predicted octanol–water partition coefficient (Wildman–Crippen LogP) is 3.61. The van der Waals surface area contributed by atoms with E-state index in [1.54, 1.807) is 0 Å². The first-order valence-electron chi connectivity index (χ1n) is 7.58. The number of nitrogens with zero attached hydrogens (tertiary/aromatic N) is 2. The predicted molar refractivity (Wildman–Crippen MR) is 90.0 cm³/mol. The molecule has 0 aliphatic heterocycles. The molecule has 0 unspecified atom stereocenters. The number of anilines is 1. The zero-order valence-electron chi connectivity index (χ0n) is 14.3. The van der Waals surface area contributed by atoms with Crippen LogP contribution in [-0.2, 0) is 18.3 Å². The summed E-state index contributed by atoms with van der Waals surface area (Å²) in [5.41, 5.74) is 5.21. The summed E-state index contributed by atoms with van der Waals surface area (Å²) >= 11 is 0. The third-order valence-electron chi connectivity index (χ3n) is 3.93. The van der Waals surface area contributed by atoms with Gasteiger partial charge >= 0.3 is 0 Å². The molecular weight excluding hydrogens is 274 g/mol. The number of carbonyl (C=O) groups excluding carboxylic acids is 1. The smallest absolute Gasteiger partial charge is 0.229 e. The molecule has 0 atom stereocenters. The minimum atomic E-state index is -0.386. The first-order valence-corrected chi connectivity index (χ1v) is 7.58. The first kappa shape index (κ1) is 16.3. The second kappa shape index (κ2) is 5.95. The van der Waals surface area contributed by atoms with E-state index in [0.717, 1.165) is 17.8 Å². The number of amides is 1. The molecular formula is C18H25N3O. The summed E-state index contributed by atoms with van der Waals surface area (Å²) in [6.07, 6.45) is 0.860. The summed E-state index contributed by atoms with van der Waals surface area (Å²) in [4.78, 5) is 12.0. The third-order valence-corrected chi connectivity index (χ3v) is 3.93. The van der Waals surface area contributed by atoms with Gasteiger partial charge in [0.1, 0.15) is 0 Å². The van der Waals surface area contributed by atoms with E-state index in [9.17, 15) is 4.79 Å². The summed E-state index contributed by atoms with van der Waals surface area (Å²) in [5.74, 6) is 0.0270. The molecule has 0 aliphatic carbocycles. The van der Waals surface area contributed by atoms with Crippen LogP contribution in [0.25, 0.3) is 0 Å². The average molecular weight is 299 g/mol. The average Bonchev–Trinajstić information content (AvgIpc) is 2.66. The number of hydrogen-bond donors (Lipinski definition) is 1. The number of benzene rings is 1. The van der Waals surface area contributed by atoms with Crippen molar-refractivity contribution in [3.63, 3.8) is 0 Å². The van der Waals surface area contributed by atoms with Crippen LogP contribution in [0.2, 0.25) is 0 Å². The van der Waals surface area contributed by atoms with Gasteiger partial charge in [0.2, 0.25) is 5.91 Å². The Bertz CT molecular complexity index is 676. The van der Waals surface area contributed by atoms with Crippen molar-refractivity contribution in [3.8, 4) is 0 Å². The molecule has 0 spiro atoms. The highest BCUT2D eigenvalue weighted by Crippen LogP contribution is 2.20. The maximum absolute atomic E-state index is 12.0. The molecule has 0 fully saturated rings. The molecule has 4 nitrogen and oxygen atoms in total. The molecule has 0 bridgehead atoms. The van der Waals surface area contributed by atoms with Gasteiger partial charge in [-0.05, 0) is 31.5 Å². The zero-order chi connectivity index (χ0) is 16.5. The van der Waals surface area contributed by atoms with Gasteiger partial charge < -0.3 is 5.32 Å². The Labute approximate surface area is 132 Å². The van der Waals surface area contributed by atoms with Crippen molar-refractivity contribution in [1.29, 1.82) is 0 Å². The van der Waals surface area contributed by atoms with Gasteiger partial charge in [0.15, 0.2) is 0 Å². The van der Waals surface area contributed by atoms with E-state index in [1.165, 1.54) is 16.8 Å². The van der Waals surface area contributed by atoms with Gasteiger partial charge in [-0.15, -0.1) is 0 Å². The topological polar surface area (TPSA) is 46.9 Å². The molecule has 0 saturated carbocycles. The lowest BCUT2D eigenvalue weighted by molar-refractivity contribution is -0.123. The molecule has 1 heterocycles. The minimum Gasteiger partial charge on any atom is -0.326 e. The van der Waals surface area contributed by atoms with E-state index < -0.39 is 0 Å². The van der Waals surface area contributed by atoms with E-state index in [0.29, 0.717) is 0 Å². The lowest BCUT2D eigenvalue weighted by atomic mass is 9.95. The highest BCUT2D eigenvalue weighted by Gasteiger charge is 2.21. The Morgan fingerprint density at radius 1 is 1.18 bits per heavy atom. The summed E-state index contributed by atoms with van der Waals surface area (Å²) in [6.45, 7) is 9.85. The molecule has 0 radical (unpaired) electrons. The van der Waals surface area contributed by atoms with Gasteiger partial charge in [0.25, 0.3) is 0 Å². The second-order valence-electron chi connectivity index (χ2n) is 6.85. The summed E-state index contributed by atoms with van der Waals surface area (Å²) < 4.78 is 1.92. The second-order valence-corrected chi connectivity index (χ2v) is 6.85. The summed E-state index contributed by atoms with van der Waals surface area (Å²) in [5, 5.41) is 7.39. The van der Waals surface area contributed by atoms with Crippen LogP contribution in [0.5, 0.6) is 0 Å². The molecule has 0 saturated heterocycles. The Kier molecular flexibility index (Phi) is 4.40. The summed E-state index contributed by atoms with van der Waals surface area (Å²) in [6, 6.07) is 8.04. The van der Waals surface area contributed by atoms with Crippen molar-refractivity contribution >= 4 is 11.6 Å². The van der Waals surface area contributed by atoms with Gasteiger partial charge in [-0.25, -0.2) is 0 Å². The van der Waals surface area contributed by atoms with E-state index >= 15 is 0 Å². The molecule has 2 aromatic rings. The van der Waals surface area contributed by atoms with Crippen molar-refractivity contribution < 1.29 is 4.79 Å². The number of hydrogen-bond acceptors (Lipinski definition) is 2. The largest absolute Gasteiger partial charge is 0.326 e. The van der Waals surface area contributed by atoms with Crippen molar-refractivity contribution in [2.45, 2.75) is 41.0 Å². The van der Waals surface area contributed by atoms with Gasteiger partial charge in [-0.3, -0.25) is 9.48 Å². The Morgan fingerprint density at radius 2 is 1.77 bits per heavy atom. The molecule has 0 aliphatic rings. The molecule has 1 aromatic carbocycles. The summed E-state index contributed by atoms with van der Waals surface area (Å²) in [7, 11) is 1.97. The van der Waals surface area contributed by atoms with Crippen molar-refractivity contribution in [2.24, 2.45) is 12.5 Å². The van der Waals surface area contributed by atoms with Crippen LogP contribution in [0.1, 0.15) is 43.3 Å². The van der Waals surface area contributed by atoms with Crippen LogP contribution in [0.15, 0.2) is 24.3 Å². The lowest BCUT2D eigenvalue weighted by Gasteiger charge is -2.17. The van der Waals surface area contributed by atoms with Gasteiger partial charge in [-0.1, -0.05) is 32.9 Å². The van der Waals surface area contributed by atoms with Crippen LogP contribution < -0.4 is 5.32 Å². The van der Waals surface area contributed by atoms with E-state index in [1.807, 2.05) is 51.6 Å². The number of aryl methyl sites for hydroxylation is 2. The third kappa shape index (κ3) is 3.56. The Morgan fingerprint density at radius 3 is 2.23 bits per heavy atom.